The molecule has 2 aliphatic rings. The van der Waals surface area contributed by atoms with Gasteiger partial charge in [-0.2, -0.15) is 22.6 Å². The monoisotopic (exact) mass is 666 g/mol. The first-order valence-corrected chi connectivity index (χ1v) is 16.0. The Morgan fingerprint density at radius 3 is 2.33 bits per heavy atom. The Balaban J connectivity index is 1.44. The van der Waals surface area contributed by atoms with E-state index >= 15 is 0 Å². The quantitative estimate of drug-likeness (QED) is 0.155. The second-order valence-corrected chi connectivity index (χ2v) is 13.8. The number of thiazole rings is 1. The molecule has 0 aliphatic heterocycles. The summed E-state index contributed by atoms with van der Waals surface area (Å²) < 4.78 is 111. The average molecular weight is 667 g/mol. The van der Waals surface area contributed by atoms with Gasteiger partial charge < -0.3 is 0 Å². The molecule has 4 aromatic rings. The number of rotatable bonds is 8. The number of carbonyl (C=O) groups is 1. The normalized spacial score (nSPS) is 20.1. The fraction of sp³-hybridized carbons (Fsp3) is 0.300. The molecule has 0 radical (unpaired) electrons. The van der Waals surface area contributed by atoms with Gasteiger partial charge in [0.25, 0.3) is 0 Å². The number of ketones is 1. The van der Waals surface area contributed by atoms with Crippen molar-refractivity contribution in [3.05, 3.63) is 99.3 Å². The third-order valence-corrected chi connectivity index (χ3v) is 11.3. The molecule has 2 aromatic carbocycles. The molecular formula is C30H24F6N4O3S2. The smallest absolute Gasteiger partial charge is 0.290 e. The zero-order valence-corrected chi connectivity index (χ0v) is 24.9. The van der Waals surface area contributed by atoms with E-state index in [0.717, 1.165) is 28.6 Å². The van der Waals surface area contributed by atoms with Gasteiger partial charge in [-0.05, 0) is 85.9 Å². The molecule has 0 bridgehead atoms. The Kier molecular flexibility index (Phi) is 7.98. The van der Waals surface area contributed by atoms with Crippen LogP contribution in [0.25, 0.3) is 11.8 Å². The van der Waals surface area contributed by atoms with Crippen molar-refractivity contribution < 1.29 is 39.6 Å². The number of sulfonamides is 1. The number of halogens is 6. The van der Waals surface area contributed by atoms with Gasteiger partial charge in [0.1, 0.15) is 23.2 Å². The number of alkyl halides is 4. The number of nitrogens with zero attached hydrogens (tertiary/aromatic N) is 4. The van der Waals surface area contributed by atoms with E-state index in [4.69, 9.17) is 0 Å². The minimum atomic E-state index is -4.72. The van der Waals surface area contributed by atoms with Gasteiger partial charge in [0.2, 0.25) is 15.8 Å². The molecule has 6 rings (SSSR count). The largest absolute Gasteiger partial charge is 0.427 e. The molecular weight excluding hydrogens is 642 g/mol. The Labute approximate surface area is 257 Å². The number of hydrogen-bond acceptors (Lipinski definition) is 6. The van der Waals surface area contributed by atoms with Gasteiger partial charge in [0.05, 0.1) is 34.1 Å². The van der Waals surface area contributed by atoms with Crippen LogP contribution in [0.5, 0.6) is 0 Å². The summed E-state index contributed by atoms with van der Waals surface area (Å²) in [7, 11) is -4.36. The highest BCUT2D eigenvalue weighted by Gasteiger charge is 2.52. The molecule has 2 atom stereocenters. The summed E-state index contributed by atoms with van der Waals surface area (Å²) in [6.45, 7) is -1.59. The van der Waals surface area contributed by atoms with Crippen molar-refractivity contribution in [2.45, 2.75) is 42.8 Å². The van der Waals surface area contributed by atoms with Crippen LogP contribution in [0.2, 0.25) is 0 Å². The predicted molar refractivity (Wildman–Crippen MR) is 153 cm³/mol. The fourth-order valence-corrected chi connectivity index (χ4v) is 8.61. The van der Waals surface area contributed by atoms with Crippen molar-refractivity contribution in [1.29, 1.82) is 0 Å². The van der Waals surface area contributed by atoms with Gasteiger partial charge in [-0.3, -0.25) is 4.79 Å². The molecule has 15 heteroatoms. The maximum Gasteiger partial charge on any atom is 0.427 e. The minimum absolute atomic E-state index is 0.0360. The number of fused-ring (bicyclic) bond motifs is 2. The van der Waals surface area contributed by atoms with Crippen molar-refractivity contribution in [1.82, 2.24) is 19.1 Å². The molecule has 2 aromatic heterocycles. The van der Waals surface area contributed by atoms with E-state index in [1.165, 1.54) is 30.5 Å². The highest BCUT2D eigenvalue weighted by molar-refractivity contribution is 7.89. The number of aromatic nitrogens is 3. The number of allylic oxidation sites excluding steroid dienone is 1. The maximum atomic E-state index is 14.3. The van der Waals surface area contributed by atoms with Gasteiger partial charge in [-0.25, -0.2) is 31.3 Å². The van der Waals surface area contributed by atoms with Crippen LogP contribution in [-0.4, -0.2) is 52.5 Å². The summed E-state index contributed by atoms with van der Waals surface area (Å²) in [5, 5.41) is 4.03. The molecule has 0 saturated heterocycles. The summed E-state index contributed by atoms with van der Waals surface area (Å²) in [6.07, 6.45) is -0.785. The first-order valence-electron chi connectivity index (χ1n) is 13.8. The van der Waals surface area contributed by atoms with Gasteiger partial charge >= 0.3 is 6.18 Å². The van der Waals surface area contributed by atoms with Crippen LogP contribution >= 0.6 is 11.3 Å². The number of carbonyl (C=O) groups excluding carboxylic acids is 1. The van der Waals surface area contributed by atoms with E-state index in [0.29, 0.717) is 28.7 Å². The van der Waals surface area contributed by atoms with E-state index in [1.807, 2.05) is 0 Å². The molecule has 0 N–H and O–H groups in total. The van der Waals surface area contributed by atoms with Crippen LogP contribution < -0.4 is 0 Å². The number of hydrogen-bond donors (Lipinski definition) is 0. The summed E-state index contributed by atoms with van der Waals surface area (Å²) in [5.41, 5.74) is 0.718. The van der Waals surface area contributed by atoms with Gasteiger partial charge in [-0.1, -0.05) is 5.57 Å². The molecule has 2 heterocycles. The number of benzene rings is 2. The lowest BCUT2D eigenvalue weighted by Crippen LogP contribution is -2.51. The SMILES string of the molecule is O=C(c1ncc(C(F)(F)F)s1)[C@]12Cc3cnn(-c4ccc(F)cc4)c3C=C1CC[C@H](N(CCF)S(=O)(=O)c1ccc(F)cc1)C2. The molecule has 0 unspecified atom stereocenters. The summed E-state index contributed by atoms with van der Waals surface area (Å²) in [6, 6.07) is 8.72. The Bertz CT molecular complexity index is 1890. The zero-order valence-electron chi connectivity index (χ0n) is 23.3. The third kappa shape index (κ3) is 5.61. The lowest BCUT2D eigenvalue weighted by molar-refractivity contribution is -0.134. The lowest BCUT2D eigenvalue weighted by atomic mass is 9.61. The van der Waals surface area contributed by atoms with Crippen molar-refractivity contribution in [3.8, 4) is 5.69 Å². The Hall–Kier alpha value is -3.82. The van der Waals surface area contributed by atoms with E-state index in [2.05, 4.69) is 10.1 Å². The first-order chi connectivity index (χ1) is 21.3. The number of Topliss-reactive ketones (excluding diaryl/α,β-unsaturated/α-hetero) is 1. The highest BCUT2D eigenvalue weighted by atomic mass is 32.2. The van der Waals surface area contributed by atoms with E-state index in [1.54, 1.807) is 10.8 Å². The molecule has 2 aliphatic carbocycles. The van der Waals surface area contributed by atoms with Crippen molar-refractivity contribution in [3.63, 3.8) is 0 Å². The lowest BCUT2D eigenvalue weighted by Gasteiger charge is -2.46. The predicted octanol–water partition coefficient (Wildman–Crippen LogP) is 6.65. The maximum absolute atomic E-state index is 14.3. The first kappa shape index (κ1) is 31.2. The Morgan fingerprint density at radius 2 is 1.71 bits per heavy atom. The standard InChI is InChI=1S/C30H24F6N4O3S2/c31-11-12-39(45(42,43)24-9-4-21(33)5-10-24)23-6-1-19-13-25-18(16-38-40(25)22-7-2-20(32)3-8-22)14-29(19,15-23)27(41)28-37-17-26(44-28)30(34,35)36/h2-5,7-10,13,16-17,23H,1,6,11-12,14-15H2/t23-,29-/m0/s1. The topological polar surface area (TPSA) is 85.2 Å². The van der Waals surface area contributed by atoms with Crippen LogP contribution in [0.3, 0.4) is 0 Å². The van der Waals surface area contributed by atoms with Crippen LogP contribution in [0.4, 0.5) is 26.3 Å². The summed E-state index contributed by atoms with van der Waals surface area (Å²) >= 11 is 0.204. The Morgan fingerprint density at radius 1 is 1.04 bits per heavy atom. The van der Waals surface area contributed by atoms with Gasteiger partial charge in [0, 0.05) is 12.6 Å². The second-order valence-electron chi connectivity index (χ2n) is 10.9. The molecule has 1 saturated carbocycles. The molecule has 0 amide bonds. The molecule has 236 valence electrons. The zero-order chi connectivity index (χ0) is 32.1. The third-order valence-electron chi connectivity index (χ3n) is 8.25. The van der Waals surface area contributed by atoms with Crippen LogP contribution in [0.1, 0.15) is 45.2 Å². The van der Waals surface area contributed by atoms with E-state index in [-0.39, 0.29) is 46.9 Å². The van der Waals surface area contributed by atoms with Gasteiger partial charge in [0.15, 0.2) is 5.01 Å². The summed E-state index contributed by atoms with van der Waals surface area (Å²) in [4.78, 5) is 16.8. The van der Waals surface area contributed by atoms with Crippen LogP contribution in [-0.2, 0) is 22.6 Å². The van der Waals surface area contributed by atoms with Crippen LogP contribution in [0, 0.1) is 17.0 Å². The molecule has 7 nitrogen and oxygen atoms in total. The highest BCUT2D eigenvalue weighted by Crippen LogP contribution is 2.52. The van der Waals surface area contributed by atoms with Gasteiger partial charge in [-0.15, -0.1) is 11.3 Å². The van der Waals surface area contributed by atoms with Crippen molar-refractivity contribution >= 4 is 33.2 Å². The fourth-order valence-electron chi connectivity index (χ4n) is 6.16. The molecule has 0 spiro atoms. The molecule has 45 heavy (non-hydrogen) atoms. The van der Waals surface area contributed by atoms with Crippen molar-refractivity contribution in [2.24, 2.45) is 5.41 Å². The molecule has 1 fully saturated rings. The minimum Gasteiger partial charge on any atom is -0.290 e. The van der Waals surface area contributed by atoms with Crippen LogP contribution in [0.15, 0.2) is 71.4 Å². The van der Waals surface area contributed by atoms with E-state index in [9.17, 15) is 39.6 Å². The summed E-state index contributed by atoms with van der Waals surface area (Å²) in [5.74, 6) is -1.82. The second kappa shape index (κ2) is 11.5. The average Bonchev–Trinajstić information content (AvgIpc) is 3.66. The van der Waals surface area contributed by atoms with E-state index < -0.39 is 63.2 Å². The van der Waals surface area contributed by atoms with Crippen molar-refractivity contribution in [2.75, 3.05) is 13.2 Å².